The maximum Gasteiger partial charge on any atom is 0.0716 e. The van der Waals surface area contributed by atoms with E-state index in [0.717, 1.165) is 18.4 Å². The van der Waals surface area contributed by atoms with Gasteiger partial charge in [0.05, 0.1) is 5.52 Å². The molecule has 27 heavy (non-hydrogen) atoms. The predicted octanol–water partition coefficient (Wildman–Crippen LogP) is 8.80. The van der Waals surface area contributed by atoms with Crippen LogP contribution in [0.25, 0.3) is 10.9 Å². The summed E-state index contributed by atoms with van der Waals surface area (Å²) < 4.78 is 1.29. The summed E-state index contributed by atoms with van der Waals surface area (Å²) in [5.41, 5.74) is 3.94. The molecule has 0 aliphatic heterocycles. The van der Waals surface area contributed by atoms with E-state index in [1.165, 1.54) is 98.2 Å². The molecule has 0 unspecified atom stereocenters. The number of rotatable bonds is 14. The second kappa shape index (κ2) is 13.3. The van der Waals surface area contributed by atoms with Gasteiger partial charge in [-0.3, -0.25) is 4.98 Å². The third kappa shape index (κ3) is 7.56. The number of aromatic nitrogens is 1. The SMILES string of the molecule is CCCCCCCCc1nc2ccccc2c(Br)c1CCCCCCCC. The van der Waals surface area contributed by atoms with Crippen LogP contribution in [-0.2, 0) is 12.8 Å². The van der Waals surface area contributed by atoms with Crippen LogP contribution >= 0.6 is 15.9 Å². The van der Waals surface area contributed by atoms with Crippen LogP contribution in [0.3, 0.4) is 0 Å². The molecule has 0 fully saturated rings. The van der Waals surface area contributed by atoms with Gasteiger partial charge in [-0.2, -0.15) is 0 Å². The average Bonchev–Trinajstić information content (AvgIpc) is 2.69. The molecule has 2 aromatic rings. The Morgan fingerprint density at radius 2 is 1.26 bits per heavy atom. The molecule has 2 heteroatoms. The van der Waals surface area contributed by atoms with E-state index in [4.69, 9.17) is 4.98 Å². The molecular weight excluding hydrogens is 394 g/mol. The molecule has 0 radical (unpaired) electrons. The van der Waals surface area contributed by atoms with E-state index in [-0.39, 0.29) is 0 Å². The van der Waals surface area contributed by atoms with E-state index in [2.05, 4.69) is 54.0 Å². The molecule has 1 nitrogen and oxygen atoms in total. The molecule has 2 rings (SSSR count). The van der Waals surface area contributed by atoms with Crippen LogP contribution in [0.2, 0.25) is 0 Å². The monoisotopic (exact) mass is 431 g/mol. The molecule has 0 saturated carbocycles. The number of para-hydroxylation sites is 1. The van der Waals surface area contributed by atoms with Crippen LogP contribution in [0.5, 0.6) is 0 Å². The Kier molecular flexibility index (Phi) is 11.0. The first kappa shape index (κ1) is 22.4. The molecule has 1 aromatic carbocycles. The fourth-order valence-electron chi connectivity index (χ4n) is 3.87. The van der Waals surface area contributed by atoms with Crippen molar-refractivity contribution in [2.24, 2.45) is 0 Å². The smallest absolute Gasteiger partial charge is 0.0716 e. The molecule has 0 bridgehead atoms. The highest BCUT2D eigenvalue weighted by Crippen LogP contribution is 2.31. The summed E-state index contributed by atoms with van der Waals surface area (Å²) in [4.78, 5) is 5.07. The van der Waals surface area contributed by atoms with E-state index >= 15 is 0 Å². The topological polar surface area (TPSA) is 12.9 Å². The standard InChI is InChI=1S/C25H38BrN/c1-3-5-7-9-11-13-17-21-23(19-14-12-10-8-6-4-2)27-24-20-16-15-18-22(24)25(21)26/h15-16,18,20H,3-14,17,19H2,1-2H3. The Balaban J connectivity index is 2.00. The minimum Gasteiger partial charge on any atom is -0.252 e. The number of halogens is 1. The zero-order valence-electron chi connectivity index (χ0n) is 17.5. The first-order chi connectivity index (χ1) is 13.3. The van der Waals surface area contributed by atoms with Crippen LogP contribution in [0, 0.1) is 0 Å². The zero-order chi connectivity index (χ0) is 19.3. The van der Waals surface area contributed by atoms with Crippen molar-refractivity contribution in [2.45, 2.75) is 104 Å². The van der Waals surface area contributed by atoms with Crippen molar-refractivity contribution in [1.82, 2.24) is 4.98 Å². The maximum atomic E-state index is 5.07. The highest BCUT2D eigenvalue weighted by atomic mass is 79.9. The van der Waals surface area contributed by atoms with Crippen molar-refractivity contribution >= 4 is 26.8 Å². The minimum absolute atomic E-state index is 1.13. The molecule has 1 heterocycles. The predicted molar refractivity (Wildman–Crippen MR) is 124 cm³/mol. The van der Waals surface area contributed by atoms with Gasteiger partial charge in [-0.05, 0) is 53.2 Å². The molecule has 0 N–H and O–H groups in total. The van der Waals surface area contributed by atoms with E-state index < -0.39 is 0 Å². The highest BCUT2D eigenvalue weighted by molar-refractivity contribution is 9.10. The summed E-state index contributed by atoms with van der Waals surface area (Å²) in [6.45, 7) is 4.57. The third-order valence-corrected chi connectivity index (χ3v) is 6.46. The van der Waals surface area contributed by atoms with E-state index in [0.29, 0.717) is 0 Å². The Labute approximate surface area is 175 Å². The van der Waals surface area contributed by atoms with Crippen molar-refractivity contribution in [3.05, 3.63) is 40.0 Å². The lowest BCUT2D eigenvalue weighted by atomic mass is 9.98. The van der Waals surface area contributed by atoms with E-state index in [9.17, 15) is 0 Å². The quantitative estimate of drug-likeness (QED) is 0.272. The molecule has 0 atom stereocenters. The number of fused-ring (bicyclic) bond motifs is 1. The van der Waals surface area contributed by atoms with Gasteiger partial charge in [-0.15, -0.1) is 0 Å². The van der Waals surface area contributed by atoms with E-state index in [1.54, 1.807) is 0 Å². The van der Waals surface area contributed by atoms with Crippen LogP contribution in [0.4, 0.5) is 0 Å². The van der Waals surface area contributed by atoms with Crippen molar-refractivity contribution in [2.75, 3.05) is 0 Å². The summed E-state index contributed by atoms with van der Waals surface area (Å²) in [7, 11) is 0. The zero-order valence-corrected chi connectivity index (χ0v) is 19.1. The maximum absolute atomic E-state index is 5.07. The van der Waals surface area contributed by atoms with Gasteiger partial charge in [0.2, 0.25) is 0 Å². The lowest BCUT2D eigenvalue weighted by molar-refractivity contribution is 0.596. The third-order valence-electron chi connectivity index (χ3n) is 5.56. The van der Waals surface area contributed by atoms with Crippen LogP contribution in [-0.4, -0.2) is 4.98 Å². The fourth-order valence-corrected chi connectivity index (χ4v) is 4.64. The van der Waals surface area contributed by atoms with Crippen LogP contribution < -0.4 is 0 Å². The summed E-state index contributed by atoms with van der Waals surface area (Å²) in [5.74, 6) is 0. The normalized spacial score (nSPS) is 11.4. The molecule has 150 valence electrons. The molecule has 0 saturated heterocycles. The first-order valence-corrected chi connectivity index (χ1v) is 12.1. The van der Waals surface area contributed by atoms with Gasteiger partial charge in [0.25, 0.3) is 0 Å². The lowest BCUT2D eigenvalue weighted by Crippen LogP contribution is -2.02. The summed E-state index contributed by atoms with van der Waals surface area (Å²) in [6, 6.07) is 8.57. The van der Waals surface area contributed by atoms with Gasteiger partial charge in [0.15, 0.2) is 0 Å². The Morgan fingerprint density at radius 1 is 0.704 bits per heavy atom. The number of benzene rings is 1. The number of aryl methyl sites for hydroxylation is 1. The summed E-state index contributed by atoms with van der Waals surface area (Å²) in [6.07, 6.45) is 18.4. The number of hydrogen-bond acceptors (Lipinski definition) is 1. The molecule has 0 amide bonds. The number of nitrogens with zero attached hydrogens (tertiary/aromatic N) is 1. The number of unbranched alkanes of at least 4 members (excludes halogenated alkanes) is 10. The molecular formula is C25H38BrN. The Hall–Kier alpha value is -0.890. The second-order valence-electron chi connectivity index (χ2n) is 7.90. The summed E-state index contributed by atoms with van der Waals surface area (Å²) >= 11 is 3.93. The summed E-state index contributed by atoms with van der Waals surface area (Å²) in [5, 5.41) is 1.27. The highest BCUT2D eigenvalue weighted by Gasteiger charge is 2.13. The van der Waals surface area contributed by atoms with Gasteiger partial charge >= 0.3 is 0 Å². The van der Waals surface area contributed by atoms with Crippen molar-refractivity contribution in [3.63, 3.8) is 0 Å². The molecule has 1 aromatic heterocycles. The van der Waals surface area contributed by atoms with Gasteiger partial charge in [0, 0.05) is 15.6 Å². The van der Waals surface area contributed by atoms with Gasteiger partial charge in [-0.1, -0.05) is 96.3 Å². The molecule has 0 spiro atoms. The Morgan fingerprint density at radius 3 is 1.93 bits per heavy atom. The first-order valence-electron chi connectivity index (χ1n) is 11.3. The van der Waals surface area contributed by atoms with Crippen LogP contribution in [0.1, 0.15) is 102 Å². The second-order valence-corrected chi connectivity index (χ2v) is 8.70. The molecule has 0 aliphatic rings. The van der Waals surface area contributed by atoms with Crippen molar-refractivity contribution in [1.29, 1.82) is 0 Å². The van der Waals surface area contributed by atoms with Crippen molar-refractivity contribution in [3.8, 4) is 0 Å². The van der Waals surface area contributed by atoms with Gasteiger partial charge < -0.3 is 0 Å². The van der Waals surface area contributed by atoms with Gasteiger partial charge in [-0.25, -0.2) is 0 Å². The van der Waals surface area contributed by atoms with Crippen molar-refractivity contribution < 1.29 is 0 Å². The number of pyridine rings is 1. The molecule has 0 aliphatic carbocycles. The fraction of sp³-hybridized carbons (Fsp3) is 0.640. The van der Waals surface area contributed by atoms with Gasteiger partial charge in [0.1, 0.15) is 0 Å². The van der Waals surface area contributed by atoms with Crippen LogP contribution in [0.15, 0.2) is 28.7 Å². The average molecular weight is 432 g/mol. The lowest BCUT2D eigenvalue weighted by Gasteiger charge is -2.14. The van der Waals surface area contributed by atoms with E-state index in [1.807, 2.05) is 0 Å². The Bertz CT molecular complexity index is 665. The number of hydrogen-bond donors (Lipinski definition) is 0. The largest absolute Gasteiger partial charge is 0.252 e. The minimum atomic E-state index is 1.13.